The normalized spacial score (nSPS) is 12.4. The average Bonchev–Trinajstić information content (AvgIpc) is 2.90. The quantitative estimate of drug-likeness (QED) is 0.615. The standard InChI is InChI=1S/C12H17N3O5S/c1-6(12(3,10(17)19-4)11(18)20-5)13-8(16)9-14-7(2)15-21-9/h6H,1-5H3,(H,13,16). The number of aryl methyl sites for hydroxylation is 1. The first-order valence-electron chi connectivity index (χ1n) is 6.05. The van der Waals surface area contributed by atoms with Crippen molar-refractivity contribution in [1.29, 1.82) is 0 Å². The summed E-state index contributed by atoms with van der Waals surface area (Å²) in [6.45, 7) is 4.52. The number of carbonyl (C=O) groups is 3. The number of methoxy groups -OCH3 is 2. The molecule has 8 nitrogen and oxygen atoms in total. The Hall–Kier alpha value is -2.03. The maximum absolute atomic E-state index is 12.0. The number of nitrogens with one attached hydrogen (secondary N) is 1. The highest BCUT2D eigenvalue weighted by molar-refractivity contribution is 7.07. The zero-order valence-corrected chi connectivity index (χ0v) is 13.2. The molecule has 1 amide bonds. The molecule has 0 fully saturated rings. The Bertz CT molecular complexity index is 541. The minimum absolute atomic E-state index is 0.149. The van der Waals surface area contributed by atoms with Crippen LogP contribution in [0.1, 0.15) is 29.5 Å². The van der Waals surface area contributed by atoms with Crippen LogP contribution in [-0.4, -0.2) is 47.5 Å². The molecular weight excluding hydrogens is 298 g/mol. The lowest BCUT2D eigenvalue weighted by molar-refractivity contribution is -0.169. The molecule has 0 aromatic carbocycles. The third-order valence-corrected chi connectivity index (χ3v) is 3.96. The van der Waals surface area contributed by atoms with Crippen LogP contribution >= 0.6 is 11.5 Å². The van der Waals surface area contributed by atoms with Crippen LogP contribution < -0.4 is 5.32 Å². The van der Waals surface area contributed by atoms with Crippen molar-refractivity contribution in [2.45, 2.75) is 26.8 Å². The number of carbonyl (C=O) groups excluding carboxylic acids is 3. The van der Waals surface area contributed by atoms with E-state index in [0.29, 0.717) is 5.82 Å². The van der Waals surface area contributed by atoms with Crippen molar-refractivity contribution < 1.29 is 23.9 Å². The van der Waals surface area contributed by atoms with E-state index in [0.717, 1.165) is 25.8 Å². The van der Waals surface area contributed by atoms with Crippen molar-refractivity contribution >= 4 is 29.4 Å². The summed E-state index contributed by atoms with van der Waals surface area (Å²) in [5.41, 5.74) is -1.65. The highest BCUT2D eigenvalue weighted by Crippen LogP contribution is 2.25. The molecular formula is C12H17N3O5S. The summed E-state index contributed by atoms with van der Waals surface area (Å²) < 4.78 is 13.2. The van der Waals surface area contributed by atoms with Crippen LogP contribution in [0.5, 0.6) is 0 Å². The summed E-state index contributed by atoms with van der Waals surface area (Å²) in [5, 5.41) is 2.70. The van der Waals surface area contributed by atoms with Gasteiger partial charge < -0.3 is 14.8 Å². The lowest BCUT2D eigenvalue weighted by Gasteiger charge is -2.30. The summed E-state index contributed by atoms with van der Waals surface area (Å²) in [4.78, 5) is 39.8. The molecule has 1 unspecified atom stereocenters. The summed E-state index contributed by atoms with van der Waals surface area (Å²) in [6.07, 6.45) is 0. The van der Waals surface area contributed by atoms with Gasteiger partial charge in [0.1, 0.15) is 5.82 Å². The van der Waals surface area contributed by atoms with E-state index < -0.39 is 29.3 Å². The molecule has 0 saturated heterocycles. The molecule has 1 rings (SSSR count). The van der Waals surface area contributed by atoms with Crippen LogP contribution in [0.15, 0.2) is 0 Å². The number of esters is 2. The zero-order valence-electron chi connectivity index (χ0n) is 12.4. The van der Waals surface area contributed by atoms with E-state index >= 15 is 0 Å². The Morgan fingerprint density at radius 3 is 2.14 bits per heavy atom. The number of rotatable bonds is 5. The molecule has 116 valence electrons. The summed E-state index contributed by atoms with van der Waals surface area (Å²) in [5.74, 6) is -1.64. The van der Waals surface area contributed by atoms with Gasteiger partial charge in [-0.05, 0) is 32.3 Å². The van der Waals surface area contributed by atoms with Crippen LogP contribution in [0.25, 0.3) is 0 Å². The number of hydrogen-bond donors (Lipinski definition) is 1. The Labute approximate surface area is 126 Å². The van der Waals surface area contributed by atoms with Gasteiger partial charge in [0.05, 0.1) is 20.3 Å². The fourth-order valence-electron chi connectivity index (χ4n) is 1.65. The first-order chi connectivity index (χ1) is 9.77. The SMILES string of the molecule is COC(=O)C(C)(C(=O)OC)C(C)NC(=O)c1nc(C)ns1. The average molecular weight is 315 g/mol. The fourth-order valence-corrected chi connectivity index (χ4v) is 2.23. The Morgan fingerprint density at radius 1 is 1.24 bits per heavy atom. The third kappa shape index (κ3) is 3.35. The molecule has 0 radical (unpaired) electrons. The van der Waals surface area contributed by atoms with Gasteiger partial charge >= 0.3 is 11.9 Å². The van der Waals surface area contributed by atoms with Crippen LogP contribution in [0.2, 0.25) is 0 Å². The minimum atomic E-state index is -1.65. The Balaban J connectivity index is 2.96. The summed E-state index contributed by atoms with van der Waals surface area (Å²) >= 11 is 0.933. The summed E-state index contributed by atoms with van der Waals surface area (Å²) in [7, 11) is 2.32. The van der Waals surface area contributed by atoms with E-state index in [1.54, 1.807) is 6.92 Å². The fraction of sp³-hybridized carbons (Fsp3) is 0.583. The molecule has 0 aliphatic rings. The van der Waals surface area contributed by atoms with Crippen molar-refractivity contribution in [2.75, 3.05) is 14.2 Å². The van der Waals surface area contributed by atoms with Gasteiger partial charge in [0.25, 0.3) is 5.91 Å². The molecule has 1 heterocycles. The Morgan fingerprint density at radius 2 is 1.76 bits per heavy atom. The minimum Gasteiger partial charge on any atom is -0.468 e. The van der Waals surface area contributed by atoms with Gasteiger partial charge in [-0.1, -0.05) is 0 Å². The Kier molecular flexibility index (Phi) is 5.36. The monoisotopic (exact) mass is 315 g/mol. The number of nitrogens with zero attached hydrogens (tertiary/aromatic N) is 2. The van der Waals surface area contributed by atoms with Gasteiger partial charge in [0, 0.05) is 0 Å². The van der Waals surface area contributed by atoms with Crippen molar-refractivity contribution in [1.82, 2.24) is 14.7 Å². The number of ether oxygens (including phenoxy) is 2. The number of aromatic nitrogens is 2. The number of hydrogen-bond acceptors (Lipinski definition) is 8. The molecule has 0 aliphatic carbocycles. The van der Waals surface area contributed by atoms with Crippen LogP contribution in [0, 0.1) is 12.3 Å². The second-order valence-corrected chi connectivity index (χ2v) is 5.28. The van der Waals surface area contributed by atoms with Crippen LogP contribution in [0.3, 0.4) is 0 Å². The zero-order chi connectivity index (χ0) is 16.2. The molecule has 9 heteroatoms. The van der Waals surface area contributed by atoms with Crippen LogP contribution in [-0.2, 0) is 19.1 Å². The van der Waals surface area contributed by atoms with Crippen molar-refractivity contribution in [3.63, 3.8) is 0 Å². The lowest BCUT2D eigenvalue weighted by atomic mass is 9.83. The lowest BCUT2D eigenvalue weighted by Crippen LogP contribution is -2.54. The molecule has 0 bridgehead atoms. The molecule has 0 saturated carbocycles. The molecule has 1 aromatic heterocycles. The molecule has 0 aliphatic heterocycles. The molecule has 1 aromatic rings. The van der Waals surface area contributed by atoms with E-state index in [-0.39, 0.29) is 5.01 Å². The predicted molar refractivity (Wildman–Crippen MR) is 73.7 cm³/mol. The largest absolute Gasteiger partial charge is 0.468 e. The summed E-state index contributed by atoms with van der Waals surface area (Å²) in [6, 6.07) is -0.853. The van der Waals surface area contributed by atoms with Crippen molar-refractivity contribution in [2.24, 2.45) is 5.41 Å². The van der Waals surface area contributed by atoms with Gasteiger partial charge in [0.2, 0.25) is 5.01 Å². The van der Waals surface area contributed by atoms with E-state index in [2.05, 4.69) is 24.1 Å². The van der Waals surface area contributed by atoms with Crippen molar-refractivity contribution in [3.05, 3.63) is 10.8 Å². The molecule has 1 N–H and O–H groups in total. The topological polar surface area (TPSA) is 107 Å². The van der Waals surface area contributed by atoms with E-state index in [1.807, 2.05) is 0 Å². The van der Waals surface area contributed by atoms with Crippen LogP contribution in [0.4, 0.5) is 0 Å². The van der Waals surface area contributed by atoms with Gasteiger partial charge in [-0.2, -0.15) is 4.37 Å². The first kappa shape index (κ1) is 17.0. The van der Waals surface area contributed by atoms with E-state index in [1.165, 1.54) is 13.8 Å². The highest BCUT2D eigenvalue weighted by atomic mass is 32.1. The first-order valence-corrected chi connectivity index (χ1v) is 6.82. The van der Waals surface area contributed by atoms with Crippen molar-refractivity contribution in [3.8, 4) is 0 Å². The maximum Gasteiger partial charge on any atom is 0.325 e. The third-order valence-electron chi connectivity index (χ3n) is 3.15. The number of amides is 1. The van der Waals surface area contributed by atoms with Gasteiger partial charge in [-0.15, -0.1) is 0 Å². The van der Waals surface area contributed by atoms with Gasteiger partial charge in [0.15, 0.2) is 5.41 Å². The molecule has 1 atom stereocenters. The second-order valence-electron chi connectivity index (χ2n) is 4.53. The van der Waals surface area contributed by atoms with E-state index in [4.69, 9.17) is 0 Å². The molecule has 0 spiro atoms. The maximum atomic E-state index is 12.0. The van der Waals surface area contributed by atoms with E-state index in [9.17, 15) is 14.4 Å². The molecule has 21 heavy (non-hydrogen) atoms. The van der Waals surface area contributed by atoms with Gasteiger partial charge in [-0.25, -0.2) is 4.98 Å². The smallest absolute Gasteiger partial charge is 0.325 e. The second kappa shape index (κ2) is 6.61. The highest BCUT2D eigenvalue weighted by Gasteiger charge is 2.49. The predicted octanol–water partition coefficient (Wildman–Crippen LogP) is 0.317. The van der Waals surface area contributed by atoms with Gasteiger partial charge in [-0.3, -0.25) is 14.4 Å².